The molecule has 19 heavy (non-hydrogen) atoms. The maximum absolute atomic E-state index is 11.3. The van der Waals surface area contributed by atoms with Gasteiger partial charge in [-0.2, -0.15) is 0 Å². The first-order valence-electron chi connectivity index (χ1n) is 5.87. The second-order valence-electron chi connectivity index (χ2n) is 4.57. The second kappa shape index (κ2) is 5.50. The van der Waals surface area contributed by atoms with E-state index in [4.69, 9.17) is 5.11 Å². The lowest BCUT2D eigenvalue weighted by atomic mass is 10.1. The Morgan fingerprint density at radius 3 is 2.53 bits per heavy atom. The first-order chi connectivity index (χ1) is 8.87. The van der Waals surface area contributed by atoms with E-state index in [9.17, 15) is 13.2 Å². The van der Waals surface area contributed by atoms with E-state index in [0.717, 1.165) is 4.47 Å². The Balaban J connectivity index is 2.15. The monoisotopic (exact) mass is 347 g/mol. The van der Waals surface area contributed by atoms with Crippen molar-refractivity contribution in [2.75, 3.05) is 16.8 Å². The largest absolute Gasteiger partial charge is 0.478 e. The van der Waals surface area contributed by atoms with Crippen LogP contribution in [-0.2, 0) is 9.84 Å². The van der Waals surface area contributed by atoms with Gasteiger partial charge in [0.1, 0.15) is 9.84 Å². The first-order valence-corrected chi connectivity index (χ1v) is 8.48. The third kappa shape index (κ3) is 3.70. The lowest BCUT2D eigenvalue weighted by Crippen LogP contribution is -2.32. The van der Waals surface area contributed by atoms with Gasteiger partial charge in [-0.3, -0.25) is 0 Å². The van der Waals surface area contributed by atoms with E-state index in [1.54, 1.807) is 12.1 Å². The lowest BCUT2D eigenvalue weighted by molar-refractivity contribution is 0.0698. The number of anilines is 1. The summed E-state index contributed by atoms with van der Waals surface area (Å²) in [5.74, 6) is -0.694. The number of nitrogens with one attached hydrogen (secondary N) is 1. The molecule has 0 spiro atoms. The van der Waals surface area contributed by atoms with E-state index in [1.807, 2.05) is 0 Å². The summed E-state index contributed by atoms with van der Waals surface area (Å²) in [5.41, 5.74) is 0.711. The summed E-state index contributed by atoms with van der Waals surface area (Å²) in [4.78, 5) is 11.1. The number of aromatic carboxylic acids is 1. The summed E-state index contributed by atoms with van der Waals surface area (Å²) >= 11 is 3.30. The number of benzene rings is 1. The van der Waals surface area contributed by atoms with Gasteiger partial charge in [-0.15, -0.1) is 0 Å². The molecule has 0 unspecified atom stereocenters. The van der Waals surface area contributed by atoms with E-state index >= 15 is 0 Å². The topological polar surface area (TPSA) is 83.5 Å². The van der Waals surface area contributed by atoms with E-state index in [0.29, 0.717) is 18.5 Å². The van der Waals surface area contributed by atoms with Crippen LogP contribution < -0.4 is 5.32 Å². The Bertz CT molecular complexity index is 586. The molecule has 2 rings (SSSR count). The van der Waals surface area contributed by atoms with Crippen molar-refractivity contribution < 1.29 is 18.3 Å². The fraction of sp³-hybridized carbons (Fsp3) is 0.417. The summed E-state index contributed by atoms with van der Waals surface area (Å²) in [7, 11) is -2.91. The standard InChI is InChI=1S/C12H14BrNO4S/c13-8-1-2-10(12(15)16)11(7-8)14-9-3-5-19(17,18)6-4-9/h1-2,7,9,14H,3-6H2,(H,15,16). The lowest BCUT2D eigenvalue weighted by Gasteiger charge is -2.24. The van der Waals surface area contributed by atoms with Crippen LogP contribution in [0.4, 0.5) is 5.69 Å². The molecule has 104 valence electrons. The zero-order chi connectivity index (χ0) is 14.0. The number of carboxylic acid groups (broad SMARTS) is 1. The number of carboxylic acids is 1. The summed E-state index contributed by atoms with van der Waals surface area (Å²) in [6.45, 7) is 0. The van der Waals surface area contributed by atoms with Crippen LogP contribution in [-0.4, -0.2) is 37.0 Å². The number of carbonyl (C=O) groups is 1. The summed E-state index contributed by atoms with van der Waals surface area (Å²) < 4.78 is 23.5. The Morgan fingerprint density at radius 1 is 1.32 bits per heavy atom. The van der Waals surface area contributed by atoms with Gasteiger partial charge >= 0.3 is 5.97 Å². The number of hydrogen-bond acceptors (Lipinski definition) is 4. The van der Waals surface area contributed by atoms with Crippen LogP contribution in [0, 0.1) is 0 Å². The van der Waals surface area contributed by atoms with Crippen LogP contribution in [0.25, 0.3) is 0 Å². The molecule has 7 heteroatoms. The molecule has 1 aromatic rings. The van der Waals surface area contributed by atoms with Gasteiger partial charge in [0.15, 0.2) is 0 Å². The quantitative estimate of drug-likeness (QED) is 0.874. The molecule has 1 heterocycles. The third-order valence-corrected chi connectivity index (χ3v) is 5.33. The second-order valence-corrected chi connectivity index (χ2v) is 7.78. The van der Waals surface area contributed by atoms with Crippen LogP contribution in [0.15, 0.2) is 22.7 Å². The molecular formula is C12H14BrNO4S. The van der Waals surface area contributed by atoms with Crippen molar-refractivity contribution in [3.63, 3.8) is 0 Å². The van der Waals surface area contributed by atoms with Crippen molar-refractivity contribution in [1.82, 2.24) is 0 Å². The molecule has 0 aliphatic carbocycles. The molecule has 0 amide bonds. The highest BCUT2D eigenvalue weighted by atomic mass is 79.9. The predicted molar refractivity (Wildman–Crippen MR) is 76.4 cm³/mol. The molecule has 1 saturated heterocycles. The molecule has 0 saturated carbocycles. The maximum atomic E-state index is 11.3. The Hall–Kier alpha value is -1.08. The van der Waals surface area contributed by atoms with Gasteiger partial charge < -0.3 is 10.4 Å². The zero-order valence-electron chi connectivity index (χ0n) is 10.1. The van der Waals surface area contributed by atoms with Crippen molar-refractivity contribution in [2.45, 2.75) is 18.9 Å². The van der Waals surface area contributed by atoms with Crippen molar-refractivity contribution >= 4 is 37.4 Å². The normalized spacial score (nSPS) is 19.0. The van der Waals surface area contributed by atoms with Gasteiger partial charge in [-0.25, -0.2) is 13.2 Å². The van der Waals surface area contributed by atoms with Crippen molar-refractivity contribution in [3.05, 3.63) is 28.2 Å². The number of sulfone groups is 1. The van der Waals surface area contributed by atoms with Gasteiger partial charge in [-0.1, -0.05) is 15.9 Å². The number of hydrogen-bond donors (Lipinski definition) is 2. The SMILES string of the molecule is O=C(O)c1ccc(Br)cc1NC1CCS(=O)(=O)CC1. The number of halogens is 1. The molecule has 1 aliphatic heterocycles. The highest BCUT2D eigenvalue weighted by Crippen LogP contribution is 2.25. The summed E-state index contributed by atoms with van der Waals surface area (Å²) in [6.07, 6.45) is 1.02. The fourth-order valence-corrected chi connectivity index (χ4v) is 3.93. The molecule has 1 aromatic carbocycles. The molecule has 0 atom stereocenters. The van der Waals surface area contributed by atoms with Gasteiger partial charge in [0, 0.05) is 10.5 Å². The van der Waals surface area contributed by atoms with Crippen LogP contribution >= 0.6 is 15.9 Å². The molecule has 0 aromatic heterocycles. The van der Waals surface area contributed by atoms with Crippen LogP contribution in [0.1, 0.15) is 23.2 Å². The molecule has 1 fully saturated rings. The van der Waals surface area contributed by atoms with Crippen LogP contribution in [0.3, 0.4) is 0 Å². The highest BCUT2D eigenvalue weighted by molar-refractivity contribution is 9.10. The molecule has 0 bridgehead atoms. The minimum absolute atomic E-state index is 0.00377. The molecule has 0 radical (unpaired) electrons. The minimum Gasteiger partial charge on any atom is -0.478 e. The Kier molecular flexibility index (Phi) is 4.15. The summed E-state index contributed by atoms with van der Waals surface area (Å²) in [6, 6.07) is 4.89. The average Bonchev–Trinajstić information content (AvgIpc) is 2.31. The molecule has 5 nitrogen and oxygen atoms in total. The van der Waals surface area contributed by atoms with E-state index in [2.05, 4.69) is 21.2 Å². The van der Waals surface area contributed by atoms with Gasteiger partial charge in [0.2, 0.25) is 0 Å². The first kappa shape index (κ1) is 14.3. The molecule has 2 N–H and O–H groups in total. The Labute approximate surface area is 120 Å². The van der Waals surface area contributed by atoms with E-state index in [1.165, 1.54) is 6.07 Å². The molecule has 1 aliphatic rings. The third-order valence-electron chi connectivity index (χ3n) is 3.13. The fourth-order valence-electron chi connectivity index (χ4n) is 2.08. The smallest absolute Gasteiger partial charge is 0.337 e. The van der Waals surface area contributed by atoms with Crippen LogP contribution in [0.2, 0.25) is 0 Å². The highest BCUT2D eigenvalue weighted by Gasteiger charge is 2.24. The van der Waals surface area contributed by atoms with E-state index < -0.39 is 15.8 Å². The minimum atomic E-state index is -2.91. The van der Waals surface area contributed by atoms with Crippen molar-refractivity contribution in [3.8, 4) is 0 Å². The Morgan fingerprint density at radius 2 is 1.95 bits per heavy atom. The van der Waals surface area contributed by atoms with Gasteiger partial charge in [-0.05, 0) is 31.0 Å². The van der Waals surface area contributed by atoms with Crippen LogP contribution in [0.5, 0.6) is 0 Å². The van der Waals surface area contributed by atoms with Gasteiger partial charge in [0.25, 0.3) is 0 Å². The van der Waals surface area contributed by atoms with E-state index in [-0.39, 0.29) is 23.1 Å². The predicted octanol–water partition coefficient (Wildman–Crippen LogP) is 2.14. The van der Waals surface area contributed by atoms with Crippen molar-refractivity contribution in [1.29, 1.82) is 0 Å². The zero-order valence-corrected chi connectivity index (χ0v) is 12.5. The average molecular weight is 348 g/mol. The number of rotatable bonds is 3. The maximum Gasteiger partial charge on any atom is 0.337 e. The van der Waals surface area contributed by atoms with Gasteiger partial charge in [0.05, 0.1) is 22.8 Å². The van der Waals surface area contributed by atoms with Crippen molar-refractivity contribution in [2.24, 2.45) is 0 Å². The molecular weight excluding hydrogens is 334 g/mol. The summed E-state index contributed by atoms with van der Waals surface area (Å²) in [5, 5.41) is 12.3.